The summed E-state index contributed by atoms with van der Waals surface area (Å²) >= 11 is 2.29. The maximum Gasteiger partial charge on any atom is 0.352 e. The van der Waals surface area contributed by atoms with Crippen LogP contribution >= 0.6 is 23.3 Å². The second kappa shape index (κ2) is 10.6. The fraction of sp³-hybridized carbons (Fsp3) is 0.435. The van der Waals surface area contributed by atoms with E-state index in [2.05, 4.69) is 37.3 Å². The number of nitrogens with two attached hydrogens (primary N) is 1. The number of hydrogen-bond acceptors (Lipinski definition) is 10. The summed E-state index contributed by atoms with van der Waals surface area (Å²) in [6.07, 6.45) is 7.82. The molecule has 0 spiro atoms. The summed E-state index contributed by atoms with van der Waals surface area (Å²) in [5, 5.41) is 16.0. The first-order chi connectivity index (χ1) is 18.3. The Morgan fingerprint density at radius 3 is 2.89 bits per heavy atom. The highest BCUT2D eigenvalue weighted by Crippen LogP contribution is 2.40. The summed E-state index contributed by atoms with van der Waals surface area (Å²) < 4.78 is 8.09. The van der Waals surface area contributed by atoms with E-state index in [1.165, 1.54) is 34.0 Å². The third kappa shape index (κ3) is 4.67. The Kier molecular flexibility index (Phi) is 7.21. The molecule has 5 rings (SSSR count). The Morgan fingerprint density at radius 2 is 2.21 bits per heavy atom. The van der Waals surface area contributed by atoms with Crippen LogP contribution in [0.4, 0.5) is 5.13 Å². The van der Waals surface area contributed by atoms with Gasteiger partial charge in [0.15, 0.2) is 17.9 Å². The van der Waals surface area contributed by atoms with Crippen LogP contribution in [0.3, 0.4) is 0 Å². The van der Waals surface area contributed by atoms with Crippen molar-refractivity contribution < 1.29 is 29.0 Å². The molecule has 2 aromatic rings. The second-order valence-electron chi connectivity index (χ2n) is 9.03. The van der Waals surface area contributed by atoms with Gasteiger partial charge in [-0.05, 0) is 25.7 Å². The van der Waals surface area contributed by atoms with Crippen LogP contribution in [0.2, 0.25) is 0 Å². The predicted octanol–water partition coefficient (Wildman–Crippen LogP) is -0.0294. The summed E-state index contributed by atoms with van der Waals surface area (Å²) in [7, 11) is 1.98. The number of nitrogens with zero attached hydrogens (tertiary/aromatic N) is 6. The number of oxime groups is 1. The molecule has 1 aliphatic carbocycles. The van der Waals surface area contributed by atoms with Crippen molar-refractivity contribution in [2.24, 2.45) is 12.2 Å². The monoisotopic (exact) mass is 559 g/mol. The van der Waals surface area contributed by atoms with E-state index >= 15 is 0 Å². The number of anilines is 1. The van der Waals surface area contributed by atoms with Gasteiger partial charge in [0.1, 0.15) is 23.7 Å². The number of fused-ring (bicyclic) bond motifs is 2. The zero-order valence-electron chi connectivity index (χ0n) is 20.6. The van der Waals surface area contributed by atoms with Crippen LogP contribution in [0.1, 0.15) is 29.9 Å². The number of rotatable bonds is 9. The number of aromatic nitrogens is 4. The predicted molar refractivity (Wildman–Crippen MR) is 139 cm³/mol. The van der Waals surface area contributed by atoms with Gasteiger partial charge in [0.2, 0.25) is 11.5 Å². The third-order valence-electron chi connectivity index (χ3n) is 6.67. The summed E-state index contributed by atoms with van der Waals surface area (Å²) in [5.74, 6) is -2.06. The van der Waals surface area contributed by atoms with Crippen LogP contribution in [0, 0.1) is 0 Å². The Morgan fingerprint density at radius 1 is 1.42 bits per heavy atom. The highest BCUT2D eigenvalue weighted by Gasteiger charge is 2.55. The first kappa shape index (κ1) is 25.9. The van der Waals surface area contributed by atoms with Gasteiger partial charge < -0.3 is 21.0 Å². The molecule has 2 atom stereocenters. The van der Waals surface area contributed by atoms with Crippen LogP contribution in [-0.2, 0) is 45.7 Å². The molecule has 4 heterocycles. The number of nitrogens with one attached hydrogen (secondary N) is 1. The van der Waals surface area contributed by atoms with Gasteiger partial charge in [-0.1, -0.05) is 17.8 Å². The van der Waals surface area contributed by atoms with Crippen molar-refractivity contribution in [3.05, 3.63) is 47.2 Å². The maximum atomic E-state index is 13.1. The first-order valence-corrected chi connectivity index (χ1v) is 13.8. The molecule has 0 aromatic carbocycles. The highest BCUT2D eigenvalue weighted by atomic mass is 32.2. The van der Waals surface area contributed by atoms with Crippen LogP contribution in [-0.4, -0.2) is 71.3 Å². The summed E-state index contributed by atoms with van der Waals surface area (Å²) in [5.41, 5.74) is 8.55. The van der Waals surface area contributed by atoms with E-state index in [-0.39, 0.29) is 29.0 Å². The number of amides is 2. The van der Waals surface area contributed by atoms with Gasteiger partial charge in [-0.2, -0.15) is 14.0 Å². The van der Waals surface area contributed by atoms with Gasteiger partial charge >= 0.3 is 5.97 Å². The molecule has 2 aliphatic heterocycles. The molecular weight excluding hydrogens is 532 g/mol. The van der Waals surface area contributed by atoms with Gasteiger partial charge in [-0.25, -0.2) is 4.79 Å². The molecule has 0 radical (unpaired) electrons. The minimum atomic E-state index is -1.18. The molecule has 3 aliphatic rings. The number of hydrogen-bond donors (Lipinski definition) is 3. The van der Waals surface area contributed by atoms with Crippen molar-refractivity contribution >= 4 is 51.9 Å². The van der Waals surface area contributed by atoms with Crippen molar-refractivity contribution in [1.29, 1.82) is 0 Å². The molecule has 1 saturated heterocycles. The third-order valence-corrected chi connectivity index (χ3v) is 8.55. The Balaban J connectivity index is 1.35. The lowest BCUT2D eigenvalue weighted by molar-refractivity contribution is -0.767. The fourth-order valence-electron chi connectivity index (χ4n) is 4.87. The quantitative estimate of drug-likeness (QED) is 0.0954. The van der Waals surface area contributed by atoms with Gasteiger partial charge in [0.05, 0.1) is 12.7 Å². The molecule has 38 heavy (non-hydrogen) atoms. The SMILES string of the molecule is C=CCON=C(C(=O)NC1C(=O)N2C(C(=O)O)=C(C[n+]3cc4c(n3C)CCCC4)CS[C@H]12)c1nsc(N)n1. The largest absolute Gasteiger partial charge is 0.477 e. The molecule has 4 N–H and O–H groups in total. The second-order valence-corrected chi connectivity index (χ2v) is 10.9. The molecule has 200 valence electrons. The number of aliphatic carboxylic acids is 1. The van der Waals surface area contributed by atoms with E-state index in [4.69, 9.17) is 10.6 Å². The van der Waals surface area contributed by atoms with E-state index in [9.17, 15) is 19.5 Å². The summed E-state index contributed by atoms with van der Waals surface area (Å²) in [6, 6.07) is -0.945. The topological polar surface area (TPSA) is 169 Å². The Labute approximate surface area is 226 Å². The first-order valence-electron chi connectivity index (χ1n) is 12.0. The van der Waals surface area contributed by atoms with Crippen LogP contribution < -0.4 is 15.7 Å². The molecule has 0 saturated carbocycles. The molecule has 1 unspecified atom stereocenters. The van der Waals surface area contributed by atoms with Crippen molar-refractivity contribution in [1.82, 2.24) is 24.3 Å². The Hall–Kier alpha value is -3.72. The molecular formula is C23H27N8O5S2+. The van der Waals surface area contributed by atoms with E-state index in [1.54, 1.807) is 0 Å². The standard InChI is InChI=1S/C23H26N8O5S2/c1-3-8-36-27-15(18-26-23(24)38-28-18)19(32)25-16-20(33)31-17(22(34)35)13(11-37-21(16)31)10-30-9-12-6-4-5-7-14(12)29(30)2/h3,9,16,21H,1,4-8,10-11H2,2H3,(H3-,24,25,26,28,32,34,35)/p+1/t16?,21-/m1/s1. The van der Waals surface area contributed by atoms with Gasteiger partial charge in [0.25, 0.3) is 11.8 Å². The number of carbonyl (C=O) groups excluding carboxylic acids is 2. The lowest BCUT2D eigenvalue weighted by atomic mass is 9.98. The minimum Gasteiger partial charge on any atom is -0.477 e. The lowest BCUT2D eigenvalue weighted by Crippen LogP contribution is -2.71. The molecule has 1 fully saturated rings. The van der Waals surface area contributed by atoms with E-state index in [0.29, 0.717) is 17.9 Å². The minimum absolute atomic E-state index is 0.0342. The van der Waals surface area contributed by atoms with Crippen molar-refractivity contribution in [2.75, 3.05) is 18.1 Å². The number of nitrogen functional groups attached to an aromatic ring is 1. The van der Waals surface area contributed by atoms with E-state index in [1.807, 2.05) is 11.7 Å². The summed E-state index contributed by atoms with van der Waals surface area (Å²) in [6.45, 7) is 3.93. The number of carboxylic acid groups (broad SMARTS) is 1. The normalized spacial score (nSPS) is 20.9. The van der Waals surface area contributed by atoms with Crippen molar-refractivity contribution in [2.45, 2.75) is 43.6 Å². The summed E-state index contributed by atoms with van der Waals surface area (Å²) in [4.78, 5) is 48.8. The number of aryl methyl sites for hydroxylation is 1. The highest BCUT2D eigenvalue weighted by molar-refractivity contribution is 8.00. The lowest BCUT2D eigenvalue weighted by Gasteiger charge is -2.49. The molecule has 15 heteroatoms. The van der Waals surface area contributed by atoms with Gasteiger partial charge in [-0.3, -0.25) is 14.5 Å². The van der Waals surface area contributed by atoms with Crippen molar-refractivity contribution in [3.63, 3.8) is 0 Å². The number of thioether (sulfide) groups is 1. The smallest absolute Gasteiger partial charge is 0.352 e. The molecule has 13 nitrogen and oxygen atoms in total. The zero-order valence-corrected chi connectivity index (χ0v) is 22.3. The zero-order chi connectivity index (χ0) is 27.0. The number of β-lactam (4-membered cyclic amide) rings is 1. The van der Waals surface area contributed by atoms with E-state index in [0.717, 1.165) is 37.2 Å². The number of carbonyl (C=O) groups is 3. The fourth-order valence-corrected chi connectivity index (χ4v) is 6.64. The maximum absolute atomic E-state index is 13.1. The van der Waals surface area contributed by atoms with Gasteiger partial charge in [-0.15, -0.1) is 16.4 Å². The average molecular weight is 560 g/mol. The van der Waals surface area contributed by atoms with Crippen LogP contribution in [0.5, 0.6) is 0 Å². The Bertz CT molecular complexity index is 1380. The number of carboxylic acids is 1. The molecule has 0 bridgehead atoms. The molecule has 2 amide bonds. The van der Waals surface area contributed by atoms with Crippen LogP contribution in [0.15, 0.2) is 35.3 Å². The molecule has 2 aromatic heterocycles. The van der Waals surface area contributed by atoms with Gasteiger partial charge in [0, 0.05) is 28.4 Å². The van der Waals surface area contributed by atoms with Crippen molar-refractivity contribution in [3.8, 4) is 0 Å². The van der Waals surface area contributed by atoms with Crippen LogP contribution in [0.25, 0.3) is 0 Å². The van der Waals surface area contributed by atoms with E-state index < -0.39 is 29.2 Å². The average Bonchev–Trinajstić information content (AvgIpc) is 3.47.